The molecule has 4 heteroatoms. The van der Waals surface area contributed by atoms with Crippen molar-refractivity contribution >= 4 is 0 Å². The van der Waals surface area contributed by atoms with Crippen LogP contribution in [0.1, 0.15) is 5.69 Å². The van der Waals surface area contributed by atoms with E-state index in [1.165, 1.54) is 10.6 Å². The molecule has 0 fully saturated rings. The Bertz CT molecular complexity index is 504. The molecule has 0 spiro atoms. The van der Waals surface area contributed by atoms with Crippen LogP contribution in [0.2, 0.25) is 0 Å². The number of pyridine rings is 1. The van der Waals surface area contributed by atoms with Crippen LogP contribution in [0.15, 0.2) is 41.6 Å². The Kier molecular flexibility index (Phi) is 2.10. The van der Waals surface area contributed by atoms with Crippen LogP contribution in [0, 0.1) is 6.92 Å². The molecule has 0 N–H and O–H groups in total. The van der Waals surface area contributed by atoms with E-state index in [-0.39, 0.29) is 5.56 Å². The first-order chi connectivity index (χ1) is 6.77. The van der Waals surface area contributed by atoms with Crippen LogP contribution >= 0.6 is 0 Å². The molecule has 0 aromatic carbocycles. The number of nitrogens with zero attached hydrogens (tertiary/aromatic N) is 3. The van der Waals surface area contributed by atoms with Gasteiger partial charge >= 0.3 is 0 Å². The van der Waals surface area contributed by atoms with Crippen molar-refractivity contribution in [1.29, 1.82) is 0 Å². The zero-order valence-electron chi connectivity index (χ0n) is 7.71. The minimum atomic E-state index is -0.104. The first kappa shape index (κ1) is 8.62. The standard InChI is InChI=1S/C10H9N3O/c1-8-6-11-7-9(12-8)13-5-3-2-4-10(13)14/h2-7H,1H3. The third-order valence-electron chi connectivity index (χ3n) is 1.81. The second kappa shape index (κ2) is 3.41. The molecule has 2 rings (SSSR count). The van der Waals surface area contributed by atoms with Gasteiger partial charge in [0.1, 0.15) is 0 Å². The van der Waals surface area contributed by atoms with Crippen molar-refractivity contribution in [3.05, 3.63) is 52.8 Å². The van der Waals surface area contributed by atoms with Crippen LogP contribution in [-0.4, -0.2) is 14.5 Å². The normalized spacial score (nSPS) is 10.1. The molecule has 0 radical (unpaired) electrons. The summed E-state index contributed by atoms with van der Waals surface area (Å²) < 4.78 is 1.46. The van der Waals surface area contributed by atoms with Gasteiger partial charge < -0.3 is 0 Å². The molecular weight excluding hydrogens is 178 g/mol. The van der Waals surface area contributed by atoms with Crippen molar-refractivity contribution in [3.63, 3.8) is 0 Å². The molecule has 2 aromatic rings. The number of hydrogen-bond acceptors (Lipinski definition) is 3. The van der Waals surface area contributed by atoms with Crippen molar-refractivity contribution in [1.82, 2.24) is 14.5 Å². The van der Waals surface area contributed by atoms with Crippen LogP contribution in [-0.2, 0) is 0 Å². The molecule has 0 amide bonds. The second-order valence-corrected chi connectivity index (χ2v) is 2.93. The van der Waals surface area contributed by atoms with Crippen molar-refractivity contribution in [2.75, 3.05) is 0 Å². The molecule has 0 aliphatic rings. The van der Waals surface area contributed by atoms with E-state index >= 15 is 0 Å². The Morgan fingerprint density at radius 1 is 1.29 bits per heavy atom. The fourth-order valence-electron chi connectivity index (χ4n) is 1.18. The van der Waals surface area contributed by atoms with Crippen molar-refractivity contribution in [3.8, 4) is 5.82 Å². The zero-order chi connectivity index (χ0) is 9.97. The van der Waals surface area contributed by atoms with Crippen molar-refractivity contribution in [2.45, 2.75) is 6.92 Å². The number of hydrogen-bond donors (Lipinski definition) is 0. The molecule has 0 bridgehead atoms. The summed E-state index contributed by atoms with van der Waals surface area (Å²) in [5.41, 5.74) is 0.686. The summed E-state index contributed by atoms with van der Waals surface area (Å²) in [4.78, 5) is 19.6. The molecule has 0 aliphatic carbocycles. The van der Waals surface area contributed by atoms with E-state index in [1.807, 2.05) is 6.92 Å². The Morgan fingerprint density at radius 3 is 2.86 bits per heavy atom. The summed E-state index contributed by atoms with van der Waals surface area (Å²) in [5.74, 6) is 0.551. The lowest BCUT2D eigenvalue weighted by molar-refractivity contribution is 0.910. The van der Waals surface area contributed by atoms with Gasteiger partial charge in [-0.2, -0.15) is 0 Å². The van der Waals surface area contributed by atoms with Crippen LogP contribution in [0.5, 0.6) is 0 Å². The first-order valence-corrected chi connectivity index (χ1v) is 4.24. The van der Waals surface area contributed by atoms with Gasteiger partial charge in [0.2, 0.25) is 0 Å². The van der Waals surface area contributed by atoms with Crippen molar-refractivity contribution < 1.29 is 0 Å². The van der Waals surface area contributed by atoms with E-state index in [9.17, 15) is 4.79 Å². The maximum atomic E-state index is 11.4. The highest BCUT2D eigenvalue weighted by atomic mass is 16.1. The molecule has 0 unspecified atom stereocenters. The van der Waals surface area contributed by atoms with Gasteiger partial charge in [0.05, 0.1) is 11.9 Å². The number of aryl methyl sites for hydroxylation is 1. The fourth-order valence-corrected chi connectivity index (χ4v) is 1.18. The smallest absolute Gasteiger partial charge is 0.256 e. The highest BCUT2D eigenvalue weighted by molar-refractivity contribution is 5.20. The SMILES string of the molecule is Cc1cncc(-n2ccccc2=O)n1. The third kappa shape index (κ3) is 1.54. The van der Waals surface area contributed by atoms with Crippen LogP contribution < -0.4 is 5.56 Å². The summed E-state index contributed by atoms with van der Waals surface area (Å²) in [6.45, 7) is 1.84. The van der Waals surface area contributed by atoms with E-state index in [1.54, 1.807) is 30.7 Å². The number of aromatic nitrogens is 3. The van der Waals surface area contributed by atoms with E-state index < -0.39 is 0 Å². The van der Waals surface area contributed by atoms with E-state index in [0.717, 1.165) is 5.69 Å². The average Bonchev–Trinajstić information content (AvgIpc) is 2.18. The largest absolute Gasteiger partial charge is 0.269 e. The molecule has 0 aliphatic heterocycles. The molecule has 0 saturated heterocycles. The third-order valence-corrected chi connectivity index (χ3v) is 1.81. The summed E-state index contributed by atoms with van der Waals surface area (Å²) in [6.07, 6.45) is 4.89. The highest BCUT2D eigenvalue weighted by Gasteiger charge is 1.99. The van der Waals surface area contributed by atoms with Gasteiger partial charge in [-0.1, -0.05) is 6.07 Å². The van der Waals surface area contributed by atoms with E-state index in [2.05, 4.69) is 9.97 Å². The Labute approximate surface area is 80.9 Å². The van der Waals surface area contributed by atoms with Gasteiger partial charge in [-0.25, -0.2) is 4.98 Å². The van der Waals surface area contributed by atoms with Crippen LogP contribution in [0.25, 0.3) is 5.82 Å². The summed E-state index contributed by atoms with van der Waals surface area (Å²) in [5, 5.41) is 0. The molecule has 0 saturated carbocycles. The molecule has 14 heavy (non-hydrogen) atoms. The van der Waals surface area contributed by atoms with Gasteiger partial charge in [0.15, 0.2) is 5.82 Å². The minimum absolute atomic E-state index is 0.104. The molecule has 0 atom stereocenters. The van der Waals surface area contributed by atoms with Gasteiger partial charge in [0, 0.05) is 18.5 Å². The zero-order valence-corrected chi connectivity index (χ0v) is 7.71. The van der Waals surface area contributed by atoms with Crippen LogP contribution in [0.3, 0.4) is 0 Å². The predicted molar refractivity (Wildman–Crippen MR) is 52.4 cm³/mol. The summed E-state index contributed by atoms with van der Waals surface area (Å²) >= 11 is 0. The minimum Gasteiger partial charge on any atom is -0.269 e. The van der Waals surface area contributed by atoms with Gasteiger partial charge in [-0.05, 0) is 13.0 Å². The van der Waals surface area contributed by atoms with Gasteiger partial charge in [0.25, 0.3) is 5.56 Å². The molecule has 2 heterocycles. The van der Waals surface area contributed by atoms with Crippen LogP contribution in [0.4, 0.5) is 0 Å². The Morgan fingerprint density at radius 2 is 2.14 bits per heavy atom. The lowest BCUT2D eigenvalue weighted by Gasteiger charge is -2.02. The monoisotopic (exact) mass is 187 g/mol. The van der Waals surface area contributed by atoms with Crippen molar-refractivity contribution in [2.24, 2.45) is 0 Å². The van der Waals surface area contributed by atoms with E-state index in [0.29, 0.717) is 5.82 Å². The lowest BCUT2D eigenvalue weighted by atomic mass is 10.4. The average molecular weight is 187 g/mol. The predicted octanol–water partition coefficient (Wildman–Crippen LogP) is 0.936. The Balaban J connectivity index is 2.61. The highest BCUT2D eigenvalue weighted by Crippen LogP contribution is 1.98. The van der Waals surface area contributed by atoms with E-state index in [4.69, 9.17) is 0 Å². The second-order valence-electron chi connectivity index (χ2n) is 2.93. The molecular formula is C10H9N3O. The molecule has 2 aromatic heterocycles. The maximum Gasteiger partial charge on any atom is 0.256 e. The topological polar surface area (TPSA) is 47.8 Å². The first-order valence-electron chi connectivity index (χ1n) is 4.24. The quantitative estimate of drug-likeness (QED) is 0.667. The fraction of sp³-hybridized carbons (Fsp3) is 0.100. The lowest BCUT2D eigenvalue weighted by Crippen LogP contribution is -2.17. The summed E-state index contributed by atoms with van der Waals surface area (Å²) in [7, 11) is 0. The van der Waals surface area contributed by atoms with Gasteiger partial charge in [-0.3, -0.25) is 14.3 Å². The molecule has 4 nitrogen and oxygen atoms in total. The Hall–Kier alpha value is -1.97. The number of rotatable bonds is 1. The van der Waals surface area contributed by atoms with Gasteiger partial charge in [-0.15, -0.1) is 0 Å². The maximum absolute atomic E-state index is 11.4. The summed E-state index contributed by atoms with van der Waals surface area (Å²) in [6, 6.07) is 4.97. The molecule has 70 valence electrons.